The Kier molecular flexibility index (Phi) is 4.50. The molecule has 0 aliphatic heterocycles. The van der Waals surface area contributed by atoms with Gasteiger partial charge in [0.25, 0.3) is 0 Å². The van der Waals surface area contributed by atoms with Crippen molar-refractivity contribution in [2.24, 2.45) is 0 Å². The van der Waals surface area contributed by atoms with Crippen LogP contribution in [0.15, 0.2) is 59.1 Å². The fourth-order valence-corrected chi connectivity index (χ4v) is 2.96. The van der Waals surface area contributed by atoms with Gasteiger partial charge in [-0.05, 0) is 28.5 Å². The van der Waals surface area contributed by atoms with Gasteiger partial charge in [0.2, 0.25) is 0 Å². The van der Waals surface area contributed by atoms with Crippen molar-refractivity contribution in [1.82, 2.24) is 0 Å². The predicted octanol–water partition coefficient (Wildman–Crippen LogP) is 5.06. The van der Waals surface area contributed by atoms with Gasteiger partial charge in [-0.3, -0.25) is 0 Å². The average molecular weight is 368 g/mol. The molecule has 3 aromatic rings. The third-order valence-electron chi connectivity index (χ3n) is 3.61. The molecule has 3 rings (SSSR count). The average Bonchev–Trinajstić information content (AvgIpc) is 2.59. The normalized spacial score (nSPS) is 10.3. The van der Waals surface area contributed by atoms with Crippen molar-refractivity contribution in [2.45, 2.75) is 6.61 Å². The van der Waals surface area contributed by atoms with Crippen LogP contribution in [0.2, 0.25) is 0 Å². The first-order valence-electron chi connectivity index (χ1n) is 7.10. The molecule has 0 aromatic heterocycles. The summed E-state index contributed by atoms with van der Waals surface area (Å²) in [6.07, 6.45) is 0. The maximum atomic E-state index is 9.33. The third kappa shape index (κ3) is 3.15. The second-order valence-electron chi connectivity index (χ2n) is 5.02. The number of rotatable bonds is 4. The number of hydrogen-bond acceptors (Lipinski definition) is 3. The maximum Gasteiger partial charge on any atom is 0.179 e. The first kappa shape index (κ1) is 15.4. The van der Waals surface area contributed by atoms with Crippen LogP contribution in [0.4, 0.5) is 0 Å². The summed E-state index contributed by atoms with van der Waals surface area (Å²) in [4.78, 5) is 0. The van der Waals surface area contributed by atoms with Crippen molar-refractivity contribution in [3.63, 3.8) is 0 Å². The topological polar surface area (TPSA) is 42.2 Å². The van der Waals surface area contributed by atoms with E-state index in [9.17, 15) is 5.26 Å². The van der Waals surface area contributed by atoms with E-state index in [1.807, 2.05) is 24.3 Å². The molecule has 0 heterocycles. The lowest BCUT2D eigenvalue weighted by atomic mass is 10.1. The van der Waals surface area contributed by atoms with Gasteiger partial charge >= 0.3 is 0 Å². The molecule has 0 bridgehead atoms. The smallest absolute Gasteiger partial charge is 0.179 e. The van der Waals surface area contributed by atoms with Crippen molar-refractivity contribution in [3.05, 3.63) is 70.2 Å². The number of halogens is 1. The van der Waals surface area contributed by atoms with Crippen molar-refractivity contribution >= 4 is 26.7 Å². The Balaban J connectivity index is 1.96. The van der Waals surface area contributed by atoms with Crippen LogP contribution in [0.5, 0.6) is 11.5 Å². The number of methoxy groups -OCH3 is 1. The minimum Gasteiger partial charge on any atom is -0.493 e. The van der Waals surface area contributed by atoms with E-state index in [1.54, 1.807) is 19.2 Å². The van der Waals surface area contributed by atoms with Crippen molar-refractivity contribution in [1.29, 1.82) is 5.26 Å². The van der Waals surface area contributed by atoms with E-state index in [1.165, 1.54) is 0 Å². The van der Waals surface area contributed by atoms with Crippen LogP contribution in [-0.2, 0) is 6.61 Å². The van der Waals surface area contributed by atoms with Gasteiger partial charge in [0.15, 0.2) is 11.5 Å². The summed E-state index contributed by atoms with van der Waals surface area (Å²) in [5.74, 6) is 1.00. The number of ether oxygens (including phenoxy) is 2. The zero-order valence-electron chi connectivity index (χ0n) is 12.5. The molecule has 0 unspecified atom stereocenters. The van der Waals surface area contributed by atoms with E-state index in [0.717, 1.165) is 20.8 Å². The van der Waals surface area contributed by atoms with Crippen LogP contribution in [0.1, 0.15) is 11.1 Å². The Labute approximate surface area is 143 Å². The summed E-state index contributed by atoms with van der Waals surface area (Å²) in [7, 11) is 1.56. The molecule has 0 aliphatic carbocycles. The molecule has 3 nitrogen and oxygen atoms in total. The molecular weight excluding hydrogens is 354 g/mol. The lowest BCUT2D eigenvalue weighted by Gasteiger charge is -2.14. The highest BCUT2D eigenvalue weighted by molar-refractivity contribution is 9.10. The van der Waals surface area contributed by atoms with Crippen LogP contribution >= 0.6 is 15.9 Å². The molecule has 0 atom stereocenters. The molecule has 0 aliphatic rings. The second-order valence-corrected chi connectivity index (χ2v) is 5.94. The first-order valence-corrected chi connectivity index (χ1v) is 7.89. The highest BCUT2D eigenvalue weighted by Gasteiger charge is 2.13. The molecule has 0 N–H and O–H groups in total. The standard InChI is InChI=1S/C19H14BrNO2/c1-22-18-10-16(20)9-15(11-21)19(18)23-12-14-7-4-6-13-5-2-3-8-17(13)14/h2-10H,12H2,1H3. The van der Waals surface area contributed by atoms with Gasteiger partial charge in [-0.1, -0.05) is 58.4 Å². The lowest BCUT2D eigenvalue weighted by Crippen LogP contribution is -2.00. The van der Waals surface area contributed by atoms with Crippen LogP contribution in [0.25, 0.3) is 10.8 Å². The second kappa shape index (κ2) is 6.72. The van der Waals surface area contributed by atoms with E-state index >= 15 is 0 Å². The number of benzene rings is 3. The molecular formula is C19H14BrNO2. The van der Waals surface area contributed by atoms with E-state index < -0.39 is 0 Å². The minimum absolute atomic E-state index is 0.369. The van der Waals surface area contributed by atoms with Crippen molar-refractivity contribution < 1.29 is 9.47 Å². The fourth-order valence-electron chi connectivity index (χ4n) is 2.52. The zero-order chi connectivity index (χ0) is 16.2. The van der Waals surface area contributed by atoms with E-state index in [4.69, 9.17) is 9.47 Å². The first-order chi connectivity index (χ1) is 11.2. The Morgan fingerprint density at radius 3 is 2.65 bits per heavy atom. The SMILES string of the molecule is COc1cc(Br)cc(C#N)c1OCc1cccc2ccccc12. The fraction of sp³-hybridized carbons (Fsp3) is 0.105. The van der Waals surface area contributed by atoms with Gasteiger partial charge in [0.05, 0.1) is 12.7 Å². The van der Waals surface area contributed by atoms with Crippen LogP contribution < -0.4 is 9.47 Å². The number of hydrogen-bond donors (Lipinski definition) is 0. The quantitative estimate of drug-likeness (QED) is 0.646. The Bertz CT molecular complexity index is 894. The van der Waals surface area contributed by atoms with E-state index in [2.05, 4.69) is 40.2 Å². The predicted molar refractivity (Wildman–Crippen MR) is 93.7 cm³/mol. The minimum atomic E-state index is 0.369. The molecule has 0 amide bonds. The Morgan fingerprint density at radius 1 is 1.09 bits per heavy atom. The van der Waals surface area contributed by atoms with Gasteiger partial charge in [0.1, 0.15) is 12.7 Å². The molecule has 23 heavy (non-hydrogen) atoms. The molecule has 4 heteroatoms. The molecule has 0 saturated carbocycles. The summed E-state index contributed by atoms with van der Waals surface area (Å²) in [6.45, 7) is 0.369. The van der Waals surface area contributed by atoms with Crippen LogP contribution in [0, 0.1) is 11.3 Å². The Morgan fingerprint density at radius 2 is 1.87 bits per heavy atom. The number of nitrogens with zero attached hydrogens (tertiary/aromatic N) is 1. The zero-order valence-corrected chi connectivity index (χ0v) is 14.1. The van der Waals surface area contributed by atoms with Crippen molar-refractivity contribution in [3.8, 4) is 17.6 Å². The molecule has 0 radical (unpaired) electrons. The highest BCUT2D eigenvalue weighted by atomic mass is 79.9. The molecule has 0 saturated heterocycles. The Hall–Kier alpha value is -2.51. The molecule has 3 aromatic carbocycles. The summed E-state index contributed by atoms with van der Waals surface area (Å²) in [6, 6.07) is 19.9. The van der Waals surface area contributed by atoms with Gasteiger partial charge in [0, 0.05) is 4.47 Å². The molecule has 0 fully saturated rings. The van der Waals surface area contributed by atoms with Crippen molar-refractivity contribution in [2.75, 3.05) is 7.11 Å². The lowest BCUT2D eigenvalue weighted by molar-refractivity contribution is 0.284. The third-order valence-corrected chi connectivity index (χ3v) is 4.07. The highest BCUT2D eigenvalue weighted by Crippen LogP contribution is 2.35. The summed E-state index contributed by atoms with van der Waals surface area (Å²) in [5, 5.41) is 11.6. The summed E-state index contributed by atoms with van der Waals surface area (Å²) in [5.41, 5.74) is 1.51. The van der Waals surface area contributed by atoms with Gasteiger partial charge in [-0.15, -0.1) is 0 Å². The monoisotopic (exact) mass is 367 g/mol. The maximum absolute atomic E-state index is 9.33. The summed E-state index contributed by atoms with van der Waals surface area (Å²) >= 11 is 3.37. The van der Waals surface area contributed by atoms with Gasteiger partial charge in [-0.2, -0.15) is 5.26 Å². The molecule has 0 spiro atoms. The summed E-state index contributed by atoms with van der Waals surface area (Å²) < 4.78 is 12.1. The van der Waals surface area contributed by atoms with E-state index in [0.29, 0.717) is 23.7 Å². The number of fused-ring (bicyclic) bond motifs is 1. The van der Waals surface area contributed by atoms with Crippen LogP contribution in [0.3, 0.4) is 0 Å². The largest absolute Gasteiger partial charge is 0.493 e. The molecule has 114 valence electrons. The van der Waals surface area contributed by atoms with Gasteiger partial charge < -0.3 is 9.47 Å². The van der Waals surface area contributed by atoms with E-state index in [-0.39, 0.29) is 0 Å². The van der Waals surface area contributed by atoms with Gasteiger partial charge in [-0.25, -0.2) is 0 Å². The van der Waals surface area contributed by atoms with Crippen LogP contribution in [-0.4, -0.2) is 7.11 Å². The number of nitriles is 1.